The number of piperidine rings is 1. The van der Waals surface area contributed by atoms with Gasteiger partial charge >= 0.3 is 0 Å². The number of pyridine rings is 1. The fourth-order valence-corrected chi connectivity index (χ4v) is 3.18. The highest BCUT2D eigenvalue weighted by molar-refractivity contribution is 5.94. The molecule has 0 N–H and O–H groups in total. The zero-order valence-electron chi connectivity index (χ0n) is 14.7. The second-order valence-electron chi connectivity index (χ2n) is 6.53. The average Bonchev–Trinajstić information content (AvgIpc) is 3.10. The smallest absolute Gasteiger partial charge is 0.255 e. The fourth-order valence-electron chi connectivity index (χ4n) is 3.18. The van der Waals surface area contributed by atoms with Gasteiger partial charge in [-0.15, -0.1) is 0 Å². The van der Waals surface area contributed by atoms with Crippen LogP contribution in [0.15, 0.2) is 42.7 Å². The molecule has 2 aromatic heterocycles. The van der Waals surface area contributed by atoms with Gasteiger partial charge in [-0.25, -0.2) is 18.4 Å². The highest BCUT2D eigenvalue weighted by Gasteiger charge is 2.35. The molecule has 0 unspecified atom stereocenters. The second kappa shape index (κ2) is 6.61. The molecule has 0 saturated carbocycles. The number of hydrogen-bond acceptors (Lipinski definition) is 4. The molecule has 1 aromatic carbocycles. The van der Waals surface area contributed by atoms with E-state index >= 15 is 0 Å². The topological polar surface area (TPSA) is 60.3 Å². The zero-order valence-corrected chi connectivity index (χ0v) is 14.7. The minimum atomic E-state index is -2.68. The van der Waals surface area contributed by atoms with Crippen LogP contribution in [0.25, 0.3) is 16.7 Å². The number of aromatic nitrogens is 3. The van der Waals surface area contributed by atoms with E-state index in [1.54, 1.807) is 30.1 Å². The van der Waals surface area contributed by atoms with Crippen molar-refractivity contribution < 1.29 is 18.3 Å². The van der Waals surface area contributed by atoms with Gasteiger partial charge in [-0.3, -0.25) is 4.79 Å². The average molecular weight is 372 g/mol. The number of rotatable bonds is 3. The molecule has 0 bridgehead atoms. The molecule has 27 heavy (non-hydrogen) atoms. The Bertz CT molecular complexity index is 975. The molecule has 0 aliphatic carbocycles. The number of nitrogens with zero attached hydrogens (tertiary/aromatic N) is 4. The summed E-state index contributed by atoms with van der Waals surface area (Å²) in [5, 5.41) is 5.25. The molecule has 0 spiro atoms. The van der Waals surface area contributed by atoms with Crippen LogP contribution in [0.2, 0.25) is 0 Å². The van der Waals surface area contributed by atoms with E-state index in [4.69, 9.17) is 4.74 Å². The number of alkyl halides is 2. The highest BCUT2D eigenvalue weighted by atomic mass is 19.3. The lowest BCUT2D eigenvalue weighted by Gasteiger charge is -2.31. The first-order valence-corrected chi connectivity index (χ1v) is 8.62. The quantitative estimate of drug-likeness (QED) is 0.708. The van der Waals surface area contributed by atoms with E-state index in [1.165, 1.54) is 11.1 Å². The number of halogens is 2. The SMILES string of the molecule is COc1ccc2c(cnn2-c2ccc(C(=O)N3CCC(F)(F)CC3)cn2)c1. The van der Waals surface area contributed by atoms with Gasteiger partial charge in [-0.05, 0) is 30.3 Å². The Morgan fingerprint density at radius 1 is 1.15 bits per heavy atom. The van der Waals surface area contributed by atoms with Crippen LogP contribution in [-0.2, 0) is 0 Å². The third-order valence-electron chi connectivity index (χ3n) is 4.77. The maximum absolute atomic E-state index is 13.3. The van der Waals surface area contributed by atoms with Gasteiger partial charge < -0.3 is 9.64 Å². The molecule has 0 radical (unpaired) electrons. The lowest BCUT2D eigenvalue weighted by atomic mass is 10.1. The van der Waals surface area contributed by atoms with Crippen LogP contribution in [0.3, 0.4) is 0 Å². The molecule has 140 valence electrons. The molecular formula is C19H18F2N4O2. The molecular weight excluding hydrogens is 354 g/mol. The van der Waals surface area contributed by atoms with Crippen molar-refractivity contribution in [1.82, 2.24) is 19.7 Å². The maximum atomic E-state index is 13.3. The Morgan fingerprint density at radius 2 is 1.93 bits per heavy atom. The molecule has 1 aliphatic heterocycles. The Morgan fingerprint density at radius 3 is 2.59 bits per heavy atom. The number of benzene rings is 1. The fraction of sp³-hybridized carbons (Fsp3) is 0.316. The predicted molar refractivity (Wildman–Crippen MR) is 95.5 cm³/mol. The summed E-state index contributed by atoms with van der Waals surface area (Å²) in [6.45, 7) is 0.110. The Hall–Kier alpha value is -3.03. The molecule has 1 aliphatic rings. The number of ether oxygens (including phenoxy) is 1. The van der Waals surface area contributed by atoms with Crippen LogP contribution in [0, 0.1) is 0 Å². The van der Waals surface area contributed by atoms with Gasteiger partial charge in [0.25, 0.3) is 11.8 Å². The van der Waals surface area contributed by atoms with Crippen LogP contribution in [-0.4, -0.2) is 51.7 Å². The van der Waals surface area contributed by atoms with E-state index in [-0.39, 0.29) is 31.8 Å². The van der Waals surface area contributed by atoms with Gasteiger partial charge in [0.1, 0.15) is 5.75 Å². The minimum Gasteiger partial charge on any atom is -0.497 e. The van der Waals surface area contributed by atoms with Crippen molar-refractivity contribution in [1.29, 1.82) is 0 Å². The van der Waals surface area contributed by atoms with Crippen LogP contribution in [0.4, 0.5) is 8.78 Å². The Kier molecular flexibility index (Phi) is 4.25. The molecule has 1 saturated heterocycles. The molecule has 8 heteroatoms. The number of amides is 1. The molecule has 6 nitrogen and oxygen atoms in total. The Labute approximate surface area is 154 Å². The van der Waals surface area contributed by atoms with Gasteiger partial charge in [0.05, 0.1) is 24.4 Å². The second-order valence-corrected chi connectivity index (χ2v) is 6.53. The van der Waals surface area contributed by atoms with E-state index in [9.17, 15) is 13.6 Å². The van der Waals surface area contributed by atoms with Crippen molar-refractivity contribution in [3.8, 4) is 11.6 Å². The van der Waals surface area contributed by atoms with E-state index < -0.39 is 5.92 Å². The van der Waals surface area contributed by atoms with Crippen LogP contribution < -0.4 is 4.74 Å². The van der Waals surface area contributed by atoms with Gasteiger partial charge in [-0.2, -0.15) is 5.10 Å². The van der Waals surface area contributed by atoms with Gasteiger partial charge in [-0.1, -0.05) is 0 Å². The van der Waals surface area contributed by atoms with E-state index in [1.807, 2.05) is 18.2 Å². The lowest BCUT2D eigenvalue weighted by Crippen LogP contribution is -2.42. The van der Waals surface area contributed by atoms with Crippen LogP contribution in [0.1, 0.15) is 23.2 Å². The number of carbonyl (C=O) groups excluding carboxylic acids is 1. The molecule has 3 aromatic rings. The molecule has 3 heterocycles. The maximum Gasteiger partial charge on any atom is 0.255 e. The number of methoxy groups -OCH3 is 1. The van der Waals surface area contributed by atoms with E-state index in [0.29, 0.717) is 11.4 Å². The lowest BCUT2D eigenvalue weighted by molar-refractivity contribution is -0.0494. The summed E-state index contributed by atoms with van der Waals surface area (Å²) in [7, 11) is 1.60. The van der Waals surface area contributed by atoms with Gasteiger partial charge in [0.15, 0.2) is 5.82 Å². The standard InChI is InChI=1S/C19H18F2N4O2/c1-27-15-3-4-16-14(10-15)12-23-25(16)17-5-2-13(11-22-17)18(26)24-8-6-19(20,21)7-9-24/h2-5,10-12H,6-9H2,1H3. The molecule has 0 atom stereocenters. The van der Waals surface area contributed by atoms with Crippen LogP contribution in [0.5, 0.6) is 5.75 Å². The molecule has 1 amide bonds. The zero-order chi connectivity index (χ0) is 19.0. The number of hydrogen-bond donors (Lipinski definition) is 0. The molecule has 1 fully saturated rings. The minimum absolute atomic E-state index is 0.0548. The van der Waals surface area contributed by atoms with Crippen molar-refractivity contribution in [3.05, 3.63) is 48.3 Å². The third-order valence-corrected chi connectivity index (χ3v) is 4.77. The monoisotopic (exact) mass is 372 g/mol. The molecule has 4 rings (SSSR count). The summed E-state index contributed by atoms with van der Waals surface area (Å²) < 4.78 is 33.4. The van der Waals surface area contributed by atoms with Crippen LogP contribution >= 0.6 is 0 Å². The van der Waals surface area contributed by atoms with Gasteiger partial charge in [0.2, 0.25) is 0 Å². The first-order valence-electron chi connectivity index (χ1n) is 8.62. The van der Waals surface area contributed by atoms with Crippen molar-refractivity contribution in [2.45, 2.75) is 18.8 Å². The summed E-state index contributed by atoms with van der Waals surface area (Å²) >= 11 is 0. The first-order chi connectivity index (χ1) is 13.0. The largest absolute Gasteiger partial charge is 0.497 e. The summed E-state index contributed by atoms with van der Waals surface area (Å²) in [6, 6.07) is 8.94. The summed E-state index contributed by atoms with van der Waals surface area (Å²) in [6.07, 6.45) is 2.58. The third kappa shape index (κ3) is 3.34. The van der Waals surface area contributed by atoms with Gasteiger partial charge in [0, 0.05) is 37.5 Å². The normalized spacial score (nSPS) is 16.5. The van der Waals surface area contributed by atoms with Crippen molar-refractivity contribution in [2.75, 3.05) is 20.2 Å². The van der Waals surface area contributed by atoms with Crippen molar-refractivity contribution in [2.24, 2.45) is 0 Å². The van der Waals surface area contributed by atoms with Crippen molar-refractivity contribution >= 4 is 16.8 Å². The number of likely N-dealkylation sites (tertiary alicyclic amines) is 1. The number of carbonyl (C=O) groups is 1. The van der Waals surface area contributed by atoms with Crippen molar-refractivity contribution in [3.63, 3.8) is 0 Å². The summed E-state index contributed by atoms with van der Waals surface area (Å²) in [5.41, 5.74) is 1.24. The highest BCUT2D eigenvalue weighted by Crippen LogP contribution is 2.28. The van der Waals surface area contributed by atoms with E-state index in [0.717, 1.165) is 16.7 Å². The Balaban J connectivity index is 1.55. The summed E-state index contributed by atoms with van der Waals surface area (Å²) in [5.74, 6) is -1.65. The van der Waals surface area contributed by atoms with E-state index in [2.05, 4.69) is 10.1 Å². The first kappa shape index (κ1) is 17.4. The predicted octanol–water partition coefficient (Wildman–Crippen LogP) is 3.30. The summed E-state index contributed by atoms with van der Waals surface area (Å²) in [4.78, 5) is 18.3. The number of fused-ring (bicyclic) bond motifs is 1.